The van der Waals surface area contributed by atoms with Gasteiger partial charge in [-0.05, 0) is 38.5 Å². The van der Waals surface area contributed by atoms with Gasteiger partial charge >= 0.3 is 0 Å². The summed E-state index contributed by atoms with van der Waals surface area (Å²) in [7, 11) is 0. The SMILES string of the molecule is C[C@H](NC[C@@H]1CCCCC1(F)F)[C@H]1CCCOC1. The van der Waals surface area contributed by atoms with E-state index in [1.165, 1.54) is 0 Å². The first-order valence-corrected chi connectivity index (χ1v) is 7.28. The molecule has 0 aromatic heterocycles. The molecule has 4 heteroatoms. The summed E-state index contributed by atoms with van der Waals surface area (Å²) in [4.78, 5) is 0. The normalized spacial score (nSPS) is 34.2. The van der Waals surface area contributed by atoms with Crippen LogP contribution in [0.4, 0.5) is 8.78 Å². The van der Waals surface area contributed by atoms with Gasteiger partial charge in [0.25, 0.3) is 5.92 Å². The molecule has 1 aliphatic carbocycles. The second-order valence-corrected chi connectivity index (χ2v) is 5.88. The highest BCUT2D eigenvalue weighted by Gasteiger charge is 2.41. The highest BCUT2D eigenvalue weighted by atomic mass is 19.3. The number of alkyl halides is 2. The summed E-state index contributed by atoms with van der Waals surface area (Å²) in [5.74, 6) is -2.46. The van der Waals surface area contributed by atoms with Crippen molar-refractivity contribution in [3.63, 3.8) is 0 Å². The second-order valence-electron chi connectivity index (χ2n) is 5.88. The lowest BCUT2D eigenvalue weighted by molar-refractivity contribution is -0.0857. The summed E-state index contributed by atoms with van der Waals surface area (Å²) >= 11 is 0. The molecule has 3 atom stereocenters. The maximum atomic E-state index is 13.7. The first kappa shape index (κ1) is 14.2. The number of rotatable bonds is 4. The highest BCUT2D eigenvalue weighted by Crippen LogP contribution is 2.38. The molecule has 0 amide bonds. The van der Waals surface area contributed by atoms with E-state index in [9.17, 15) is 8.78 Å². The molecule has 18 heavy (non-hydrogen) atoms. The molecule has 1 heterocycles. The second kappa shape index (κ2) is 6.29. The molecule has 2 rings (SSSR count). The van der Waals surface area contributed by atoms with E-state index < -0.39 is 11.8 Å². The van der Waals surface area contributed by atoms with Gasteiger partial charge in [0.05, 0.1) is 6.61 Å². The number of hydrogen-bond donors (Lipinski definition) is 1. The maximum Gasteiger partial charge on any atom is 0.252 e. The number of hydrogen-bond acceptors (Lipinski definition) is 2. The topological polar surface area (TPSA) is 21.3 Å². The quantitative estimate of drug-likeness (QED) is 0.839. The Morgan fingerprint density at radius 3 is 2.78 bits per heavy atom. The van der Waals surface area contributed by atoms with Crippen molar-refractivity contribution < 1.29 is 13.5 Å². The van der Waals surface area contributed by atoms with Gasteiger partial charge in [0.2, 0.25) is 0 Å². The van der Waals surface area contributed by atoms with Gasteiger partial charge in [0, 0.05) is 31.5 Å². The average Bonchev–Trinajstić information content (AvgIpc) is 2.38. The van der Waals surface area contributed by atoms with E-state index in [4.69, 9.17) is 4.74 Å². The van der Waals surface area contributed by atoms with Crippen molar-refractivity contribution in [2.75, 3.05) is 19.8 Å². The zero-order valence-electron chi connectivity index (χ0n) is 11.3. The fourth-order valence-electron chi connectivity index (χ4n) is 3.07. The lowest BCUT2D eigenvalue weighted by Gasteiger charge is -2.34. The molecule has 1 saturated carbocycles. The van der Waals surface area contributed by atoms with Crippen LogP contribution in [-0.2, 0) is 4.74 Å². The molecule has 1 saturated heterocycles. The first-order chi connectivity index (χ1) is 8.59. The van der Waals surface area contributed by atoms with E-state index in [1.54, 1.807) is 0 Å². The summed E-state index contributed by atoms with van der Waals surface area (Å²) in [6.07, 6.45) is 4.60. The van der Waals surface area contributed by atoms with E-state index in [-0.39, 0.29) is 12.5 Å². The van der Waals surface area contributed by atoms with E-state index in [0.717, 1.165) is 32.5 Å². The molecule has 0 radical (unpaired) electrons. The lowest BCUT2D eigenvalue weighted by atomic mass is 9.85. The van der Waals surface area contributed by atoms with Gasteiger partial charge in [-0.3, -0.25) is 0 Å². The molecule has 106 valence electrons. The summed E-state index contributed by atoms with van der Waals surface area (Å²) in [5, 5.41) is 3.32. The zero-order valence-corrected chi connectivity index (χ0v) is 11.3. The van der Waals surface area contributed by atoms with Crippen LogP contribution < -0.4 is 5.32 Å². The maximum absolute atomic E-state index is 13.7. The minimum absolute atomic E-state index is 0.0697. The van der Waals surface area contributed by atoms with Crippen LogP contribution >= 0.6 is 0 Å². The molecular formula is C14H25F2NO. The third-order valence-corrected chi connectivity index (χ3v) is 4.50. The molecule has 0 bridgehead atoms. The summed E-state index contributed by atoms with van der Waals surface area (Å²) in [6.45, 7) is 4.17. The van der Waals surface area contributed by atoms with Gasteiger partial charge in [-0.25, -0.2) is 8.78 Å². The van der Waals surface area contributed by atoms with Crippen LogP contribution in [0.2, 0.25) is 0 Å². The van der Waals surface area contributed by atoms with Crippen LogP contribution in [0.15, 0.2) is 0 Å². The van der Waals surface area contributed by atoms with Gasteiger partial charge in [0.15, 0.2) is 0 Å². The van der Waals surface area contributed by atoms with Crippen LogP contribution in [0.3, 0.4) is 0 Å². The Hall–Kier alpha value is -0.220. The van der Waals surface area contributed by atoms with E-state index >= 15 is 0 Å². The summed E-state index contributed by atoms with van der Waals surface area (Å²) < 4.78 is 32.8. The summed E-state index contributed by atoms with van der Waals surface area (Å²) in [6, 6.07) is 0.281. The summed E-state index contributed by atoms with van der Waals surface area (Å²) in [5.41, 5.74) is 0. The van der Waals surface area contributed by atoms with Crippen molar-refractivity contribution in [1.82, 2.24) is 5.32 Å². The fourth-order valence-corrected chi connectivity index (χ4v) is 3.07. The average molecular weight is 261 g/mol. The van der Waals surface area contributed by atoms with Gasteiger partial charge in [-0.1, -0.05) is 6.42 Å². The minimum atomic E-state index is -2.46. The van der Waals surface area contributed by atoms with Crippen molar-refractivity contribution in [2.45, 2.75) is 57.4 Å². The Labute approximate surface area is 108 Å². The molecule has 1 N–H and O–H groups in total. The van der Waals surface area contributed by atoms with Crippen molar-refractivity contribution in [2.24, 2.45) is 11.8 Å². The van der Waals surface area contributed by atoms with Gasteiger partial charge < -0.3 is 10.1 Å². The monoisotopic (exact) mass is 261 g/mol. The third kappa shape index (κ3) is 3.64. The molecule has 2 fully saturated rings. The number of ether oxygens (including phenoxy) is 1. The lowest BCUT2D eigenvalue weighted by Crippen LogP contribution is -2.45. The molecule has 2 aliphatic rings. The largest absolute Gasteiger partial charge is 0.381 e. The fraction of sp³-hybridized carbons (Fsp3) is 1.00. The first-order valence-electron chi connectivity index (χ1n) is 7.28. The van der Waals surface area contributed by atoms with Gasteiger partial charge in [0.1, 0.15) is 0 Å². The zero-order chi connectivity index (χ0) is 13.0. The molecular weight excluding hydrogens is 236 g/mol. The smallest absolute Gasteiger partial charge is 0.252 e. The van der Waals surface area contributed by atoms with Crippen molar-refractivity contribution in [3.05, 3.63) is 0 Å². The Morgan fingerprint density at radius 1 is 1.28 bits per heavy atom. The van der Waals surface area contributed by atoms with Crippen LogP contribution in [0, 0.1) is 11.8 Å². The van der Waals surface area contributed by atoms with E-state index in [2.05, 4.69) is 12.2 Å². The Morgan fingerprint density at radius 2 is 2.11 bits per heavy atom. The van der Waals surface area contributed by atoms with Crippen LogP contribution in [0.1, 0.15) is 45.4 Å². The highest BCUT2D eigenvalue weighted by molar-refractivity contribution is 4.85. The third-order valence-electron chi connectivity index (χ3n) is 4.50. The Balaban J connectivity index is 1.75. The van der Waals surface area contributed by atoms with Gasteiger partial charge in [-0.15, -0.1) is 0 Å². The van der Waals surface area contributed by atoms with Crippen molar-refractivity contribution >= 4 is 0 Å². The van der Waals surface area contributed by atoms with E-state index in [0.29, 0.717) is 25.3 Å². The Kier molecular flexibility index (Phi) is 4.96. The molecule has 1 aliphatic heterocycles. The predicted octanol–water partition coefficient (Wildman–Crippen LogP) is 3.22. The van der Waals surface area contributed by atoms with Crippen LogP contribution in [0.25, 0.3) is 0 Å². The Bertz CT molecular complexity index is 254. The molecule has 0 unspecified atom stereocenters. The standard InChI is InChI=1S/C14H25F2NO/c1-11(12-5-4-8-18-10-12)17-9-13-6-2-3-7-14(13,15)16/h11-13,17H,2-10H2,1H3/t11-,12-,13-/m0/s1. The molecule has 0 aromatic rings. The predicted molar refractivity (Wildman–Crippen MR) is 67.9 cm³/mol. The number of halogens is 2. The van der Waals surface area contributed by atoms with Crippen molar-refractivity contribution in [3.8, 4) is 0 Å². The van der Waals surface area contributed by atoms with E-state index in [1.807, 2.05) is 0 Å². The molecule has 2 nitrogen and oxygen atoms in total. The minimum Gasteiger partial charge on any atom is -0.381 e. The molecule has 0 aromatic carbocycles. The van der Waals surface area contributed by atoms with Crippen molar-refractivity contribution in [1.29, 1.82) is 0 Å². The van der Waals surface area contributed by atoms with Crippen LogP contribution in [-0.4, -0.2) is 31.7 Å². The number of nitrogens with one attached hydrogen (secondary N) is 1. The van der Waals surface area contributed by atoms with Crippen LogP contribution in [0.5, 0.6) is 0 Å². The van der Waals surface area contributed by atoms with Gasteiger partial charge in [-0.2, -0.15) is 0 Å². The molecule has 0 spiro atoms.